The Morgan fingerprint density at radius 1 is 1.55 bits per heavy atom. The number of carbonyl (C=O) groups excluding carboxylic acids is 2. The van der Waals surface area contributed by atoms with Gasteiger partial charge in [0, 0.05) is 16.6 Å². The molecule has 1 atom stereocenters. The molecule has 1 aliphatic heterocycles. The van der Waals surface area contributed by atoms with Crippen LogP contribution in [0.4, 0.5) is 5.69 Å². The van der Waals surface area contributed by atoms with Crippen LogP contribution >= 0.6 is 15.9 Å². The highest BCUT2D eigenvalue weighted by atomic mass is 79.9. The molecular weight excluding hydrogens is 326 g/mol. The number of anilines is 1. The van der Waals surface area contributed by atoms with Crippen LogP contribution in [-0.4, -0.2) is 30.6 Å². The van der Waals surface area contributed by atoms with E-state index in [1.54, 1.807) is 25.1 Å². The predicted octanol–water partition coefficient (Wildman–Crippen LogP) is 1.73. The molecule has 0 saturated heterocycles. The van der Waals surface area contributed by atoms with Gasteiger partial charge >= 0.3 is 5.97 Å². The van der Waals surface area contributed by atoms with Crippen LogP contribution in [0.25, 0.3) is 0 Å². The number of fused-ring (bicyclic) bond motifs is 1. The number of carbonyl (C=O) groups is 2. The normalized spacial score (nSPS) is 20.8. The molecule has 1 amide bonds. The van der Waals surface area contributed by atoms with Gasteiger partial charge in [0.05, 0.1) is 18.4 Å². The first-order chi connectivity index (χ1) is 9.37. The smallest absolute Gasteiger partial charge is 0.336 e. The number of hydrogen-bond donors (Lipinski definition) is 1. The van der Waals surface area contributed by atoms with Crippen LogP contribution in [0.2, 0.25) is 0 Å². The lowest BCUT2D eigenvalue weighted by Gasteiger charge is -2.23. The molecule has 1 aromatic carbocycles. The van der Waals surface area contributed by atoms with E-state index in [1.807, 2.05) is 0 Å². The average Bonchev–Trinajstić information content (AvgIpc) is 2.66. The average molecular weight is 340 g/mol. The minimum Gasteiger partial charge on any atom is -0.466 e. The number of methoxy groups -OCH3 is 1. The number of rotatable bonds is 3. The van der Waals surface area contributed by atoms with E-state index in [9.17, 15) is 14.7 Å². The molecule has 2 rings (SSSR count). The van der Waals surface area contributed by atoms with Crippen molar-refractivity contribution in [3.63, 3.8) is 0 Å². The fourth-order valence-corrected chi connectivity index (χ4v) is 2.69. The molecule has 0 aromatic heterocycles. The lowest BCUT2D eigenvalue weighted by atomic mass is 9.88. The van der Waals surface area contributed by atoms with E-state index in [1.165, 1.54) is 12.0 Å². The van der Waals surface area contributed by atoms with Gasteiger partial charge in [0.25, 0.3) is 5.91 Å². The van der Waals surface area contributed by atoms with Gasteiger partial charge in [-0.1, -0.05) is 22.5 Å². The van der Waals surface area contributed by atoms with E-state index in [2.05, 4.69) is 27.2 Å². The van der Waals surface area contributed by atoms with E-state index in [0.717, 1.165) is 0 Å². The summed E-state index contributed by atoms with van der Waals surface area (Å²) in [4.78, 5) is 25.6. The Morgan fingerprint density at radius 3 is 2.75 bits per heavy atom. The van der Waals surface area contributed by atoms with Crippen LogP contribution in [0.1, 0.15) is 12.5 Å². The predicted molar refractivity (Wildman–Crippen MR) is 77.2 cm³/mol. The molecule has 0 bridgehead atoms. The number of likely N-dealkylation sites (N-methyl/N-ethyl adjacent to an activating group) is 1. The number of benzene rings is 1. The van der Waals surface area contributed by atoms with Gasteiger partial charge in [0.15, 0.2) is 0 Å². The number of halogens is 1. The minimum atomic E-state index is -2.08. The highest BCUT2D eigenvalue weighted by molar-refractivity contribution is 9.10. The Labute approximate surface area is 125 Å². The Hall–Kier alpha value is -1.66. The SMILES string of the molecule is C=C(C(=O)OC)C1(O)C(=O)N(CC)c2ccc(Br)cc21. The first-order valence-electron chi connectivity index (χ1n) is 6.00. The molecule has 1 heterocycles. The molecule has 5 nitrogen and oxygen atoms in total. The highest BCUT2D eigenvalue weighted by Crippen LogP contribution is 2.45. The number of hydrogen-bond acceptors (Lipinski definition) is 4. The van der Waals surface area contributed by atoms with Gasteiger partial charge in [-0.25, -0.2) is 4.79 Å². The fraction of sp³-hybridized carbons (Fsp3) is 0.286. The third-order valence-electron chi connectivity index (χ3n) is 3.38. The van der Waals surface area contributed by atoms with Crippen molar-refractivity contribution in [2.45, 2.75) is 12.5 Å². The van der Waals surface area contributed by atoms with E-state index in [4.69, 9.17) is 0 Å². The monoisotopic (exact) mass is 339 g/mol. The second kappa shape index (κ2) is 5.03. The molecular formula is C14H14BrNO4. The van der Waals surface area contributed by atoms with E-state index in [-0.39, 0.29) is 5.57 Å². The van der Waals surface area contributed by atoms with Crippen molar-refractivity contribution in [1.82, 2.24) is 0 Å². The van der Waals surface area contributed by atoms with Crippen LogP contribution in [0.5, 0.6) is 0 Å². The lowest BCUT2D eigenvalue weighted by Crippen LogP contribution is -2.43. The molecule has 1 aliphatic rings. The van der Waals surface area contributed by atoms with Gasteiger partial charge in [-0.05, 0) is 25.1 Å². The van der Waals surface area contributed by atoms with Gasteiger partial charge in [0.1, 0.15) is 0 Å². The van der Waals surface area contributed by atoms with Crippen LogP contribution in [0.15, 0.2) is 34.8 Å². The zero-order chi connectivity index (χ0) is 15.1. The molecule has 1 N–H and O–H groups in total. The molecule has 0 saturated carbocycles. The van der Waals surface area contributed by atoms with E-state index >= 15 is 0 Å². The molecule has 6 heteroatoms. The summed E-state index contributed by atoms with van der Waals surface area (Å²) in [5.41, 5.74) is -1.48. The summed E-state index contributed by atoms with van der Waals surface area (Å²) in [6.45, 7) is 5.71. The maximum Gasteiger partial charge on any atom is 0.336 e. The van der Waals surface area contributed by atoms with Crippen LogP contribution < -0.4 is 4.90 Å². The molecule has 106 valence electrons. The number of amides is 1. The van der Waals surface area contributed by atoms with Gasteiger partial charge in [-0.2, -0.15) is 0 Å². The van der Waals surface area contributed by atoms with Crippen molar-refractivity contribution in [1.29, 1.82) is 0 Å². The van der Waals surface area contributed by atoms with E-state index in [0.29, 0.717) is 22.3 Å². The van der Waals surface area contributed by atoms with Gasteiger partial charge in [0.2, 0.25) is 5.60 Å². The molecule has 1 aromatic rings. The summed E-state index contributed by atoms with van der Waals surface area (Å²) >= 11 is 3.29. The second-order valence-electron chi connectivity index (χ2n) is 4.39. The van der Waals surface area contributed by atoms with Crippen molar-refractivity contribution < 1.29 is 19.4 Å². The number of aliphatic hydroxyl groups is 1. The van der Waals surface area contributed by atoms with Gasteiger partial charge in [-0.15, -0.1) is 0 Å². The number of nitrogens with zero attached hydrogens (tertiary/aromatic N) is 1. The van der Waals surface area contributed by atoms with Gasteiger partial charge < -0.3 is 14.7 Å². The minimum absolute atomic E-state index is 0.291. The highest BCUT2D eigenvalue weighted by Gasteiger charge is 2.53. The van der Waals surface area contributed by atoms with Gasteiger partial charge in [-0.3, -0.25) is 4.79 Å². The van der Waals surface area contributed by atoms with Crippen molar-refractivity contribution in [3.05, 3.63) is 40.4 Å². The summed E-state index contributed by atoms with van der Waals surface area (Å²) in [7, 11) is 1.18. The standard InChI is InChI=1S/C14H14BrNO4/c1-4-16-11-6-5-9(15)7-10(11)14(19,13(16)18)8(2)12(17)20-3/h5-7,19H,2,4H2,1,3H3. The summed E-state index contributed by atoms with van der Waals surface area (Å²) in [5.74, 6) is -1.41. The van der Waals surface area contributed by atoms with Crippen molar-refractivity contribution in [2.24, 2.45) is 0 Å². The Balaban J connectivity index is 2.66. The zero-order valence-corrected chi connectivity index (χ0v) is 12.7. The zero-order valence-electron chi connectivity index (χ0n) is 11.1. The number of esters is 1. The maximum absolute atomic E-state index is 12.5. The first-order valence-corrected chi connectivity index (χ1v) is 6.79. The third kappa shape index (κ3) is 1.87. The molecule has 0 fully saturated rings. The molecule has 1 unspecified atom stereocenters. The Kier molecular flexibility index (Phi) is 3.71. The quantitative estimate of drug-likeness (QED) is 0.672. The van der Waals surface area contributed by atoms with Crippen molar-refractivity contribution in [3.8, 4) is 0 Å². The number of ether oxygens (including phenoxy) is 1. The molecule has 0 radical (unpaired) electrons. The van der Waals surface area contributed by atoms with Crippen LogP contribution in [-0.2, 0) is 19.9 Å². The second-order valence-corrected chi connectivity index (χ2v) is 5.31. The van der Waals surface area contributed by atoms with E-state index < -0.39 is 17.5 Å². The maximum atomic E-state index is 12.5. The lowest BCUT2D eigenvalue weighted by molar-refractivity contribution is -0.144. The van der Waals surface area contributed by atoms with Crippen LogP contribution in [0, 0.1) is 0 Å². The fourth-order valence-electron chi connectivity index (χ4n) is 2.33. The molecule has 0 spiro atoms. The molecule has 0 aliphatic carbocycles. The largest absolute Gasteiger partial charge is 0.466 e. The molecule has 20 heavy (non-hydrogen) atoms. The Bertz CT molecular complexity index is 613. The third-order valence-corrected chi connectivity index (χ3v) is 3.87. The summed E-state index contributed by atoms with van der Waals surface area (Å²) in [6.07, 6.45) is 0. The van der Waals surface area contributed by atoms with Crippen LogP contribution in [0.3, 0.4) is 0 Å². The van der Waals surface area contributed by atoms with Crippen molar-refractivity contribution >= 4 is 33.5 Å². The van der Waals surface area contributed by atoms with Crippen molar-refractivity contribution in [2.75, 3.05) is 18.6 Å². The summed E-state index contributed by atoms with van der Waals surface area (Å²) in [5, 5.41) is 10.8. The Morgan fingerprint density at radius 2 is 2.20 bits per heavy atom. The summed E-state index contributed by atoms with van der Waals surface area (Å²) < 4.78 is 5.26. The first kappa shape index (κ1) is 14.7. The summed E-state index contributed by atoms with van der Waals surface area (Å²) in [6, 6.07) is 5.09. The topological polar surface area (TPSA) is 66.8 Å².